The molecular weight excluding hydrogens is 401 g/mol. The van der Waals surface area contributed by atoms with Gasteiger partial charge in [0.1, 0.15) is 0 Å². The number of alkyl halides is 3. The number of para-hydroxylation sites is 1. The van der Waals surface area contributed by atoms with Crippen molar-refractivity contribution in [1.29, 1.82) is 0 Å². The Morgan fingerprint density at radius 1 is 1.10 bits per heavy atom. The fourth-order valence-corrected chi connectivity index (χ4v) is 3.69. The topological polar surface area (TPSA) is 42.0 Å². The third-order valence-corrected chi connectivity index (χ3v) is 4.98. The molecule has 0 aliphatic carbocycles. The Bertz CT molecular complexity index is 1040. The molecule has 1 heterocycles. The van der Waals surface area contributed by atoms with Crippen LogP contribution in [0.4, 0.5) is 13.2 Å². The van der Waals surface area contributed by atoms with Crippen molar-refractivity contribution < 1.29 is 18.0 Å². The lowest BCUT2D eigenvalue weighted by atomic mass is 9.88. The van der Waals surface area contributed by atoms with E-state index < -0.39 is 24.0 Å². The highest BCUT2D eigenvalue weighted by molar-refractivity contribution is 6.35. The molecule has 0 aliphatic heterocycles. The van der Waals surface area contributed by atoms with Gasteiger partial charge in [-0.25, -0.2) is 0 Å². The number of halogens is 4. The minimum atomic E-state index is -4.43. The van der Waals surface area contributed by atoms with Crippen molar-refractivity contribution in [1.82, 2.24) is 10.3 Å². The highest BCUT2D eigenvalue weighted by atomic mass is 35.5. The number of carbonyl (C=O) groups is 1. The number of hydrogen-bond donors (Lipinski definition) is 1. The van der Waals surface area contributed by atoms with Crippen molar-refractivity contribution in [2.75, 3.05) is 0 Å². The maximum Gasteiger partial charge on any atom is 0.391 e. The summed E-state index contributed by atoms with van der Waals surface area (Å²) in [7, 11) is 0. The number of hydrogen-bond acceptors (Lipinski definition) is 2. The van der Waals surface area contributed by atoms with Crippen LogP contribution in [0.1, 0.15) is 35.0 Å². The molecule has 1 amide bonds. The van der Waals surface area contributed by atoms with E-state index in [0.29, 0.717) is 27.2 Å². The number of carbonyl (C=O) groups excluding carboxylic acids is 1. The first-order valence-corrected chi connectivity index (χ1v) is 9.43. The third-order valence-electron chi connectivity index (χ3n) is 4.67. The van der Waals surface area contributed by atoms with E-state index in [4.69, 9.17) is 11.6 Å². The van der Waals surface area contributed by atoms with Crippen molar-refractivity contribution in [3.05, 3.63) is 76.4 Å². The second kappa shape index (κ2) is 8.03. The number of rotatable bonds is 5. The Balaban J connectivity index is 1.94. The molecule has 0 bridgehead atoms. The number of nitrogens with one attached hydrogen (secondary N) is 1. The predicted molar refractivity (Wildman–Crippen MR) is 108 cm³/mol. The molecule has 1 unspecified atom stereocenters. The van der Waals surface area contributed by atoms with Crippen LogP contribution >= 0.6 is 11.6 Å². The van der Waals surface area contributed by atoms with Crippen LogP contribution in [0.5, 0.6) is 0 Å². The van der Waals surface area contributed by atoms with Crippen molar-refractivity contribution in [3.63, 3.8) is 0 Å². The Labute approximate surface area is 171 Å². The molecule has 1 aromatic heterocycles. The van der Waals surface area contributed by atoms with Crippen molar-refractivity contribution in [3.8, 4) is 0 Å². The van der Waals surface area contributed by atoms with E-state index in [-0.39, 0.29) is 12.0 Å². The summed E-state index contributed by atoms with van der Waals surface area (Å²) in [6.07, 6.45) is -5.53. The molecule has 152 valence electrons. The first kappa shape index (κ1) is 21.1. The van der Waals surface area contributed by atoms with Crippen LogP contribution in [0, 0.1) is 6.92 Å². The summed E-state index contributed by atoms with van der Waals surface area (Å²) in [4.78, 5) is 17.3. The second-order valence-electron chi connectivity index (χ2n) is 7.40. The van der Waals surface area contributed by atoms with E-state index in [1.54, 1.807) is 61.5 Å². The summed E-state index contributed by atoms with van der Waals surface area (Å²) >= 11 is 6.14. The van der Waals surface area contributed by atoms with Gasteiger partial charge >= 0.3 is 6.18 Å². The van der Waals surface area contributed by atoms with E-state index in [1.807, 2.05) is 0 Å². The minimum absolute atomic E-state index is 0.0466. The van der Waals surface area contributed by atoms with E-state index in [0.717, 1.165) is 0 Å². The van der Waals surface area contributed by atoms with Crippen LogP contribution in [0.2, 0.25) is 5.02 Å². The van der Waals surface area contributed by atoms with E-state index >= 15 is 0 Å². The van der Waals surface area contributed by atoms with Gasteiger partial charge in [0.15, 0.2) is 0 Å². The van der Waals surface area contributed by atoms with Crippen LogP contribution in [0.3, 0.4) is 0 Å². The summed E-state index contributed by atoms with van der Waals surface area (Å²) in [5.74, 6) is -0.598. The standard InChI is InChI=1S/C22H20ClF3N2O/c1-14-17(11-16-9-6-10-18(23)19(16)27-14)20(29)28-21(2,13-22(24,25)26)12-15-7-4-3-5-8-15/h3-11H,12-13H2,1-2H3,(H,28,29). The number of pyridine rings is 1. The molecule has 0 radical (unpaired) electrons. The molecule has 2 aromatic carbocycles. The Morgan fingerprint density at radius 2 is 1.79 bits per heavy atom. The number of aryl methyl sites for hydroxylation is 1. The van der Waals surface area contributed by atoms with Crippen molar-refractivity contribution in [2.45, 2.75) is 38.4 Å². The maximum atomic E-state index is 13.3. The molecule has 0 spiro atoms. The van der Waals surface area contributed by atoms with E-state index in [2.05, 4.69) is 10.3 Å². The quantitative estimate of drug-likeness (QED) is 0.560. The first-order valence-electron chi connectivity index (χ1n) is 9.05. The number of aromatic nitrogens is 1. The third kappa shape index (κ3) is 5.26. The zero-order valence-corrected chi connectivity index (χ0v) is 16.7. The zero-order chi connectivity index (χ0) is 21.2. The summed E-state index contributed by atoms with van der Waals surface area (Å²) < 4.78 is 39.8. The number of benzene rings is 2. The van der Waals surface area contributed by atoms with Gasteiger partial charge in [-0.2, -0.15) is 13.2 Å². The molecule has 3 rings (SSSR count). The molecule has 3 aromatic rings. The summed E-state index contributed by atoms with van der Waals surface area (Å²) in [5, 5.41) is 3.70. The number of amides is 1. The van der Waals surface area contributed by atoms with Crippen molar-refractivity contribution in [2.24, 2.45) is 0 Å². The van der Waals surface area contributed by atoms with Gasteiger partial charge < -0.3 is 5.32 Å². The molecule has 1 atom stereocenters. The fourth-order valence-electron chi connectivity index (χ4n) is 3.47. The summed E-state index contributed by atoms with van der Waals surface area (Å²) in [5.41, 5.74) is 0.371. The minimum Gasteiger partial charge on any atom is -0.346 e. The van der Waals surface area contributed by atoms with Gasteiger partial charge in [-0.3, -0.25) is 9.78 Å². The predicted octanol–water partition coefficient (Wildman–Crippen LogP) is 5.88. The SMILES string of the molecule is Cc1nc2c(Cl)cccc2cc1C(=O)NC(C)(Cc1ccccc1)CC(F)(F)F. The Morgan fingerprint density at radius 3 is 2.45 bits per heavy atom. The van der Waals surface area contributed by atoms with E-state index in [9.17, 15) is 18.0 Å². The van der Waals surface area contributed by atoms with Crippen LogP contribution in [0.25, 0.3) is 10.9 Å². The van der Waals surface area contributed by atoms with Gasteiger partial charge in [-0.15, -0.1) is 0 Å². The Hall–Kier alpha value is -2.60. The van der Waals surface area contributed by atoms with Gasteiger partial charge in [0.25, 0.3) is 5.91 Å². The van der Waals surface area contributed by atoms with Gasteiger partial charge in [-0.1, -0.05) is 54.1 Å². The van der Waals surface area contributed by atoms with Crippen LogP contribution in [-0.2, 0) is 6.42 Å². The normalized spacial score (nSPS) is 13.9. The molecule has 0 fully saturated rings. The van der Waals surface area contributed by atoms with Gasteiger partial charge in [0.05, 0.1) is 33.8 Å². The van der Waals surface area contributed by atoms with Gasteiger partial charge in [0, 0.05) is 5.39 Å². The first-order chi connectivity index (χ1) is 13.6. The monoisotopic (exact) mass is 420 g/mol. The lowest BCUT2D eigenvalue weighted by molar-refractivity contribution is -0.147. The second-order valence-corrected chi connectivity index (χ2v) is 7.81. The zero-order valence-electron chi connectivity index (χ0n) is 16.0. The molecular formula is C22H20ClF3N2O. The molecule has 0 saturated heterocycles. The lowest BCUT2D eigenvalue weighted by Crippen LogP contribution is -2.50. The molecule has 3 nitrogen and oxygen atoms in total. The van der Waals surface area contributed by atoms with Crippen LogP contribution in [-0.4, -0.2) is 22.6 Å². The average molecular weight is 421 g/mol. The molecule has 0 aliphatic rings. The summed E-state index contributed by atoms with van der Waals surface area (Å²) in [6.45, 7) is 3.04. The molecule has 1 N–H and O–H groups in total. The van der Waals surface area contributed by atoms with Gasteiger partial charge in [0.2, 0.25) is 0 Å². The van der Waals surface area contributed by atoms with Crippen molar-refractivity contribution >= 4 is 28.4 Å². The average Bonchev–Trinajstić information content (AvgIpc) is 2.61. The number of fused-ring (bicyclic) bond motifs is 1. The molecule has 7 heteroatoms. The summed E-state index contributed by atoms with van der Waals surface area (Å²) in [6, 6.07) is 15.6. The highest BCUT2D eigenvalue weighted by Crippen LogP contribution is 2.31. The smallest absolute Gasteiger partial charge is 0.346 e. The number of nitrogens with zero attached hydrogens (tertiary/aromatic N) is 1. The van der Waals surface area contributed by atoms with Gasteiger partial charge in [-0.05, 0) is 38.0 Å². The van der Waals surface area contributed by atoms with Crippen LogP contribution in [0.15, 0.2) is 54.6 Å². The lowest BCUT2D eigenvalue weighted by Gasteiger charge is -2.32. The van der Waals surface area contributed by atoms with E-state index in [1.165, 1.54) is 6.92 Å². The molecule has 29 heavy (non-hydrogen) atoms. The highest BCUT2D eigenvalue weighted by Gasteiger charge is 2.40. The maximum absolute atomic E-state index is 13.3. The Kier molecular flexibility index (Phi) is 5.85. The largest absolute Gasteiger partial charge is 0.391 e. The van der Waals surface area contributed by atoms with Crippen LogP contribution < -0.4 is 5.32 Å². The molecule has 0 saturated carbocycles. The fraction of sp³-hybridized carbons (Fsp3) is 0.273.